The van der Waals surface area contributed by atoms with Gasteiger partial charge in [0.1, 0.15) is 11.4 Å². The van der Waals surface area contributed by atoms with Gasteiger partial charge in [0.05, 0.1) is 30.2 Å². The first-order chi connectivity index (χ1) is 16.8. The molecule has 0 N–H and O–H groups in total. The van der Waals surface area contributed by atoms with Crippen LogP contribution in [-0.4, -0.2) is 95.0 Å². The summed E-state index contributed by atoms with van der Waals surface area (Å²) in [6.07, 6.45) is 0.561. The molecule has 0 bridgehead atoms. The highest BCUT2D eigenvalue weighted by Crippen LogP contribution is 2.25. The van der Waals surface area contributed by atoms with E-state index in [1.54, 1.807) is 4.90 Å². The third kappa shape index (κ3) is 6.20. The third-order valence-electron chi connectivity index (χ3n) is 6.73. The van der Waals surface area contributed by atoms with Crippen LogP contribution in [-0.2, 0) is 16.0 Å². The first-order valence-electron chi connectivity index (χ1n) is 12.8. The number of benzene rings is 1. The minimum atomic E-state index is -0.508. The van der Waals surface area contributed by atoms with Crippen molar-refractivity contribution < 1.29 is 14.3 Å². The monoisotopic (exact) mass is 485 g/mol. The van der Waals surface area contributed by atoms with E-state index in [0.717, 1.165) is 50.6 Å². The summed E-state index contributed by atoms with van der Waals surface area (Å²) in [6.45, 7) is 15.0. The van der Waals surface area contributed by atoms with Gasteiger partial charge in [0, 0.05) is 52.4 Å². The van der Waals surface area contributed by atoms with Gasteiger partial charge >= 0.3 is 6.09 Å². The van der Waals surface area contributed by atoms with Crippen molar-refractivity contribution >= 4 is 17.0 Å². The molecule has 2 aliphatic heterocycles. The predicted molar refractivity (Wildman–Crippen MR) is 136 cm³/mol. The molecule has 9 nitrogen and oxygen atoms in total. The second kappa shape index (κ2) is 11.1. The quantitative estimate of drug-likeness (QED) is 0.622. The Morgan fingerprint density at radius 2 is 1.74 bits per heavy atom. The SMILES string of the molecule is CCC(c1nc2ccccc2c(=O)n1CCN1CCOCC1)N1CCN(C(=O)OC(C)(C)C)CC1. The Balaban J connectivity index is 1.56. The summed E-state index contributed by atoms with van der Waals surface area (Å²) in [5.74, 6) is 0.815. The average molecular weight is 486 g/mol. The summed E-state index contributed by atoms with van der Waals surface area (Å²) >= 11 is 0. The average Bonchev–Trinajstić information content (AvgIpc) is 2.84. The molecule has 1 atom stereocenters. The number of amides is 1. The predicted octanol–water partition coefficient (Wildman–Crippen LogP) is 2.73. The molecule has 1 unspecified atom stereocenters. The van der Waals surface area contributed by atoms with Gasteiger partial charge in [-0.15, -0.1) is 0 Å². The molecule has 1 amide bonds. The van der Waals surface area contributed by atoms with Gasteiger partial charge in [-0.05, 0) is 39.3 Å². The van der Waals surface area contributed by atoms with Crippen LogP contribution < -0.4 is 5.56 Å². The fraction of sp³-hybridized carbons (Fsp3) is 0.654. The molecule has 3 heterocycles. The van der Waals surface area contributed by atoms with Crippen LogP contribution in [0.5, 0.6) is 0 Å². The minimum Gasteiger partial charge on any atom is -0.444 e. The Bertz CT molecular complexity index is 1070. The molecule has 1 aromatic heterocycles. The van der Waals surface area contributed by atoms with Crippen LogP contribution in [0.4, 0.5) is 4.79 Å². The Labute approximate surface area is 207 Å². The smallest absolute Gasteiger partial charge is 0.410 e. The summed E-state index contributed by atoms with van der Waals surface area (Å²) in [7, 11) is 0. The van der Waals surface area contributed by atoms with E-state index in [1.165, 1.54) is 0 Å². The molecule has 0 saturated carbocycles. The van der Waals surface area contributed by atoms with E-state index >= 15 is 0 Å². The topological polar surface area (TPSA) is 80.1 Å². The zero-order valence-corrected chi connectivity index (χ0v) is 21.5. The Morgan fingerprint density at radius 1 is 1.06 bits per heavy atom. The number of nitrogens with zero attached hydrogens (tertiary/aromatic N) is 5. The molecule has 2 fully saturated rings. The normalized spacial score (nSPS) is 19.1. The Morgan fingerprint density at radius 3 is 2.40 bits per heavy atom. The molecule has 192 valence electrons. The van der Waals surface area contributed by atoms with E-state index in [9.17, 15) is 9.59 Å². The van der Waals surface area contributed by atoms with Gasteiger partial charge in [-0.3, -0.25) is 19.2 Å². The lowest BCUT2D eigenvalue weighted by molar-refractivity contribution is 0.00919. The van der Waals surface area contributed by atoms with Crippen LogP contribution in [0.15, 0.2) is 29.1 Å². The molecule has 2 aliphatic rings. The number of carbonyl (C=O) groups excluding carboxylic acids is 1. The van der Waals surface area contributed by atoms with Gasteiger partial charge < -0.3 is 14.4 Å². The lowest BCUT2D eigenvalue weighted by Crippen LogP contribution is -2.51. The maximum Gasteiger partial charge on any atom is 0.410 e. The van der Waals surface area contributed by atoms with Gasteiger partial charge in [-0.1, -0.05) is 19.1 Å². The Kier molecular flexibility index (Phi) is 8.09. The molecular formula is C26H39N5O4. The maximum absolute atomic E-state index is 13.6. The molecule has 0 spiro atoms. The minimum absolute atomic E-state index is 0.00205. The van der Waals surface area contributed by atoms with Gasteiger partial charge in [-0.25, -0.2) is 9.78 Å². The van der Waals surface area contributed by atoms with Crippen molar-refractivity contribution in [3.63, 3.8) is 0 Å². The molecule has 0 radical (unpaired) electrons. The summed E-state index contributed by atoms with van der Waals surface area (Å²) in [5.41, 5.74) is 0.247. The number of hydrogen-bond donors (Lipinski definition) is 0. The fourth-order valence-electron chi connectivity index (χ4n) is 4.87. The molecule has 2 aromatic rings. The molecule has 2 saturated heterocycles. The number of rotatable bonds is 6. The number of para-hydroxylation sites is 1. The second-order valence-corrected chi connectivity index (χ2v) is 10.3. The van der Waals surface area contributed by atoms with Crippen LogP contribution in [0.1, 0.15) is 46.0 Å². The number of morpholine rings is 1. The summed E-state index contributed by atoms with van der Waals surface area (Å²) < 4.78 is 12.9. The van der Waals surface area contributed by atoms with Gasteiger partial charge in [0.2, 0.25) is 0 Å². The first-order valence-corrected chi connectivity index (χ1v) is 12.8. The zero-order valence-electron chi connectivity index (χ0n) is 21.5. The second-order valence-electron chi connectivity index (χ2n) is 10.3. The summed E-state index contributed by atoms with van der Waals surface area (Å²) in [6, 6.07) is 7.60. The van der Waals surface area contributed by atoms with Crippen LogP contribution in [0.25, 0.3) is 10.9 Å². The highest BCUT2D eigenvalue weighted by molar-refractivity contribution is 5.77. The van der Waals surface area contributed by atoms with Crippen molar-refractivity contribution in [1.82, 2.24) is 24.3 Å². The number of fused-ring (bicyclic) bond motifs is 1. The molecule has 0 aliphatic carbocycles. The summed E-state index contributed by atoms with van der Waals surface area (Å²) in [5, 5.41) is 0.655. The highest BCUT2D eigenvalue weighted by Gasteiger charge is 2.31. The van der Waals surface area contributed by atoms with Crippen molar-refractivity contribution in [2.45, 2.75) is 52.3 Å². The third-order valence-corrected chi connectivity index (χ3v) is 6.73. The number of carbonyl (C=O) groups is 1. The Hall–Kier alpha value is -2.49. The van der Waals surface area contributed by atoms with Crippen molar-refractivity contribution in [2.24, 2.45) is 0 Å². The molecule has 9 heteroatoms. The van der Waals surface area contributed by atoms with Gasteiger partial charge in [0.15, 0.2) is 0 Å². The van der Waals surface area contributed by atoms with Crippen molar-refractivity contribution in [3.05, 3.63) is 40.4 Å². The van der Waals surface area contributed by atoms with E-state index in [2.05, 4.69) is 16.7 Å². The largest absolute Gasteiger partial charge is 0.444 e. The van der Waals surface area contributed by atoms with Crippen LogP contribution in [0.2, 0.25) is 0 Å². The first kappa shape index (κ1) is 25.6. The van der Waals surface area contributed by atoms with Crippen molar-refractivity contribution in [2.75, 3.05) is 59.0 Å². The fourth-order valence-corrected chi connectivity index (χ4v) is 4.87. The van der Waals surface area contributed by atoms with E-state index in [1.807, 2.05) is 49.6 Å². The van der Waals surface area contributed by atoms with Gasteiger partial charge in [0.25, 0.3) is 5.56 Å². The molecular weight excluding hydrogens is 446 g/mol. The summed E-state index contributed by atoms with van der Waals surface area (Å²) in [4.78, 5) is 37.6. The lowest BCUT2D eigenvalue weighted by atomic mass is 10.1. The highest BCUT2D eigenvalue weighted by atomic mass is 16.6. The lowest BCUT2D eigenvalue weighted by Gasteiger charge is -2.39. The molecule has 1 aromatic carbocycles. The number of ether oxygens (including phenoxy) is 2. The van der Waals surface area contributed by atoms with Crippen LogP contribution >= 0.6 is 0 Å². The number of aromatic nitrogens is 2. The van der Waals surface area contributed by atoms with Crippen LogP contribution in [0.3, 0.4) is 0 Å². The number of piperazine rings is 1. The van der Waals surface area contributed by atoms with Gasteiger partial charge in [-0.2, -0.15) is 0 Å². The van der Waals surface area contributed by atoms with Crippen molar-refractivity contribution in [1.29, 1.82) is 0 Å². The molecule has 35 heavy (non-hydrogen) atoms. The maximum atomic E-state index is 13.6. The van der Waals surface area contributed by atoms with E-state index in [-0.39, 0.29) is 17.7 Å². The van der Waals surface area contributed by atoms with E-state index in [0.29, 0.717) is 38.1 Å². The van der Waals surface area contributed by atoms with E-state index in [4.69, 9.17) is 14.5 Å². The zero-order chi connectivity index (χ0) is 25.0. The standard InChI is InChI=1S/C26H39N5O4/c1-5-22(29-11-13-30(14-12-29)25(33)35-26(2,3)4)23-27-21-9-7-6-8-20(21)24(32)31(23)15-10-28-16-18-34-19-17-28/h6-9,22H,5,10-19H2,1-4H3. The molecule has 4 rings (SSSR count). The number of hydrogen-bond acceptors (Lipinski definition) is 7. The van der Waals surface area contributed by atoms with E-state index < -0.39 is 5.60 Å². The van der Waals surface area contributed by atoms with Crippen LogP contribution in [0, 0.1) is 0 Å². The van der Waals surface area contributed by atoms with Crippen molar-refractivity contribution in [3.8, 4) is 0 Å².